The maximum absolute atomic E-state index is 12.8. The number of carboxylic acids is 1. The van der Waals surface area contributed by atoms with E-state index in [4.69, 9.17) is 14.9 Å². The number of amides is 2. The molecule has 9 nitrogen and oxygen atoms in total. The fourth-order valence-electron chi connectivity index (χ4n) is 6.47. The zero-order chi connectivity index (χ0) is 39.7. The number of aliphatic carboxylic acids is 1. The molecule has 0 aliphatic carbocycles. The summed E-state index contributed by atoms with van der Waals surface area (Å²) >= 11 is 0. The molecule has 0 aromatic heterocycles. The Bertz CT molecular complexity index is 968. The van der Waals surface area contributed by atoms with Gasteiger partial charge >= 0.3 is 11.9 Å². The predicted molar refractivity (Wildman–Crippen MR) is 222 cm³/mol. The second-order valence-electron chi connectivity index (χ2n) is 15.1. The number of allylic oxidation sites excluding steroid dienone is 4. The first-order valence-corrected chi connectivity index (χ1v) is 22.2. The molecule has 0 aliphatic rings. The topological polar surface area (TPSA) is 142 Å². The third kappa shape index (κ3) is 36.3. The molecule has 0 saturated heterocycles. The van der Waals surface area contributed by atoms with Gasteiger partial charge in [0.15, 0.2) is 0 Å². The van der Waals surface area contributed by atoms with Crippen LogP contribution in [0.25, 0.3) is 0 Å². The lowest BCUT2D eigenvalue weighted by Gasteiger charge is -2.18. The van der Waals surface area contributed by atoms with Gasteiger partial charge in [-0.1, -0.05) is 141 Å². The summed E-state index contributed by atoms with van der Waals surface area (Å²) in [6.07, 6.45) is 43.5. The maximum atomic E-state index is 12.8. The van der Waals surface area contributed by atoms with Crippen LogP contribution in [0.15, 0.2) is 24.3 Å². The predicted octanol–water partition coefficient (Wildman–Crippen LogP) is 10.8. The maximum Gasteiger partial charge on any atom is 0.328 e. The van der Waals surface area contributed by atoms with Crippen LogP contribution in [0.4, 0.5) is 0 Å². The van der Waals surface area contributed by atoms with Crippen molar-refractivity contribution in [2.75, 3.05) is 13.2 Å². The van der Waals surface area contributed by atoms with E-state index >= 15 is 0 Å². The molecule has 0 saturated carbocycles. The highest BCUT2D eigenvalue weighted by molar-refractivity contribution is 5.87. The number of rotatable bonds is 40. The molecule has 2 unspecified atom stereocenters. The smallest absolute Gasteiger partial charge is 0.328 e. The second kappa shape index (κ2) is 40.0. The Morgan fingerprint density at radius 2 is 0.963 bits per heavy atom. The van der Waals surface area contributed by atoms with E-state index in [-0.39, 0.29) is 24.5 Å². The molecule has 0 bridgehead atoms. The van der Waals surface area contributed by atoms with Crippen molar-refractivity contribution in [2.24, 2.45) is 0 Å². The number of hydrogen-bond donors (Lipinski definition) is 4. The molecule has 9 heteroatoms. The highest BCUT2D eigenvalue weighted by Crippen LogP contribution is 2.18. The number of hydrogen-bond acceptors (Lipinski definition) is 6. The average Bonchev–Trinajstić information content (AvgIpc) is 3.15. The fraction of sp³-hybridized carbons (Fsp3) is 0.822. The molecule has 2 atom stereocenters. The van der Waals surface area contributed by atoms with Gasteiger partial charge in [0.05, 0.1) is 13.2 Å². The highest BCUT2D eigenvalue weighted by Gasteiger charge is 2.19. The number of unbranched alkanes of at least 4 members (excludes halogenated alkanes) is 22. The number of aliphatic hydroxyl groups excluding tert-OH is 1. The summed E-state index contributed by atoms with van der Waals surface area (Å²) in [6, 6.07) is -1.38. The molecule has 0 aliphatic heterocycles. The molecule has 0 radical (unpaired) electrons. The average molecular weight is 763 g/mol. The van der Waals surface area contributed by atoms with Crippen molar-refractivity contribution in [1.29, 1.82) is 0 Å². The normalized spacial score (nSPS) is 12.6. The first-order chi connectivity index (χ1) is 26.3. The number of esters is 1. The van der Waals surface area contributed by atoms with Gasteiger partial charge in [0.25, 0.3) is 0 Å². The van der Waals surface area contributed by atoms with E-state index in [1.54, 1.807) is 0 Å². The van der Waals surface area contributed by atoms with Crippen LogP contribution in [0.1, 0.15) is 213 Å². The molecule has 0 fully saturated rings. The van der Waals surface area contributed by atoms with Crippen LogP contribution >= 0.6 is 0 Å². The van der Waals surface area contributed by atoms with Crippen LogP contribution < -0.4 is 10.6 Å². The molecule has 54 heavy (non-hydrogen) atoms. The van der Waals surface area contributed by atoms with Crippen molar-refractivity contribution in [3.63, 3.8) is 0 Å². The largest absolute Gasteiger partial charge is 0.480 e. The van der Waals surface area contributed by atoms with E-state index in [2.05, 4.69) is 48.8 Å². The minimum absolute atomic E-state index is 0.0453. The lowest BCUT2D eigenvalue weighted by atomic mass is 10.0. The number of carbonyl (C=O) groups excluding carboxylic acids is 3. The van der Waals surface area contributed by atoms with E-state index in [0.717, 1.165) is 77.0 Å². The summed E-state index contributed by atoms with van der Waals surface area (Å²) in [4.78, 5) is 47.6. The standard InChI is InChI=1S/C45H82N2O7/c1-3-5-7-9-11-13-15-16-17-18-20-22-24-29-33-37-44(51)54-40(34-30-26-23-21-19-14-12-10-8-6-4-2)35-31-27-25-28-32-36-42(49)46-38-43(50)47-41(39-48)45(52)53/h16-17,21,23,40-41,48H,3-15,18-20,22,24-39H2,1-2H3,(H,46,49)(H,47,50)(H,52,53)/b17-16-,23-21-. The minimum atomic E-state index is -1.38. The van der Waals surface area contributed by atoms with Gasteiger partial charge in [0, 0.05) is 12.8 Å². The van der Waals surface area contributed by atoms with E-state index in [1.807, 2.05) is 0 Å². The Morgan fingerprint density at radius 3 is 1.46 bits per heavy atom. The van der Waals surface area contributed by atoms with Gasteiger partial charge in [-0.15, -0.1) is 0 Å². The van der Waals surface area contributed by atoms with E-state index < -0.39 is 24.5 Å². The molecule has 2 amide bonds. The molecule has 0 rings (SSSR count). The third-order valence-electron chi connectivity index (χ3n) is 9.92. The Morgan fingerprint density at radius 1 is 0.537 bits per heavy atom. The molecule has 4 N–H and O–H groups in total. The molecule has 0 aromatic rings. The number of ether oxygens (including phenoxy) is 1. The summed E-state index contributed by atoms with van der Waals surface area (Å²) in [5.74, 6) is -2.32. The van der Waals surface area contributed by atoms with Crippen molar-refractivity contribution in [2.45, 2.75) is 225 Å². The SMILES string of the molecule is CCCCCCCC/C=C\CCCCCCCC(=O)OC(CCC/C=C\CCCCCCCC)CCCCCCCC(=O)NCC(=O)NC(CO)C(=O)O. The van der Waals surface area contributed by atoms with E-state index in [0.29, 0.717) is 19.3 Å². The summed E-state index contributed by atoms with van der Waals surface area (Å²) in [5.41, 5.74) is 0. The molecule has 0 heterocycles. The van der Waals surface area contributed by atoms with Crippen molar-refractivity contribution in [3.05, 3.63) is 24.3 Å². The first-order valence-electron chi connectivity index (χ1n) is 22.2. The lowest BCUT2D eigenvalue weighted by Crippen LogP contribution is -2.47. The second-order valence-corrected chi connectivity index (χ2v) is 15.1. The Balaban J connectivity index is 4.32. The van der Waals surface area contributed by atoms with Crippen LogP contribution in [-0.2, 0) is 23.9 Å². The molecule has 0 aromatic carbocycles. The zero-order valence-corrected chi connectivity index (χ0v) is 34.7. The van der Waals surface area contributed by atoms with Gasteiger partial charge in [-0.2, -0.15) is 0 Å². The van der Waals surface area contributed by atoms with Crippen LogP contribution in [0.2, 0.25) is 0 Å². The molecule has 0 spiro atoms. The van der Waals surface area contributed by atoms with E-state index in [9.17, 15) is 19.2 Å². The monoisotopic (exact) mass is 763 g/mol. The van der Waals surface area contributed by atoms with Crippen LogP contribution in [0.5, 0.6) is 0 Å². The van der Waals surface area contributed by atoms with Crippen LogP contribution in [-0.4, -0.2) is 59.3 Å². The number of carbonyl (C=O) groups is 4. The van der Waals surface area contributed by atoms with Crippen molar-refractivity contribution in [1.82, 2.24) is 10.6 Å². The zero-order valence-electron chi connectivity index (χ0n) is 34.7. The van der Waals surface area contributed by atoms with Crippen LogP contribution in [0.3, 0.4) is 0 Å². The highest BCUT2D eigenvalue weighted by atomic mass is 16.5. The van der Waals surface area contributed by atoms with Gasteiger partial charge in [-0.25, -0.2) is 4.79 Å². The first kappa shape index (κ1) is 51.3. The van der Waals surface area contributed by atoms with Gasteiger partial charge < -0.3 is 25.6 Å². The number of nitrogens with one attached hydrogen (secondary N) is 2. The minimum Gasteiger partial charge on any atom is -0.480 e. The quantitative estimate of drug-likeness (QED) is 0.0276. The van der Waals surface area contributed by atoms with E-state index in [1.165, 1.54) is 103 Å². The van der Waals surface area contributed by atoms with Gasteiger partial charge in [-0.3, -0.25) is 14.4 Å². The summed E-state index contributed by atoms with van der Waals surface area (Å²) in [5, 5.41) is 22.5. The molecular formula is C45H82N2O7. The number of carboxylic acid groups (broad SMARTS) is 1. The molecular weight excluding hydrogens is 681 g/mol. The van der Waals surface area contributed by atoms with Crippen molar-refractivity contribution >= 4 is 23.8 Å². The van der Waals surface area contributed by atoms with Crippen molar-refractivity contribution in [3.8, 4) is 0 Å². The Kier molecular flexibility index (Phi) is 38.0. The Hall–Kier alpha value is -2.68. The van der Waals surface area contributed by atoms with Crippen LogP contribution in [0, 0.1) is 0 Å². The van der Waals surface area contributed by atoms with Gasteiger partial charge in [-0.05, 0) is 83.5 Å². The summed E-state index contributed by atoms with van der Waals surface area (Å²) in [6.45, 7) is 3.47. The fourth-order valence-corrected chi connectivity index (χ4v) is 6.47. The van der Waals surface area contributed by atoms with Gasteiger partial charge in [0.2, 0.25) is 11.8 Å². The lowest BCUT2D eigenvalue weighted by molar-refractivity contribution is -0.150. The molecule has 314 valence electrons. The van der Waals surface area contributed by atoms with Gasteiger partial charge in [0.1, 0.15) is 12.1 Å². The Labute approximate surface area is 330 Å². The summed E-state index contributed by atoms with van der Waals surface area (Å²) in [7, 11) is 0. The third-order valence-corrected chi connectivity index (χ3v) is 9.92. The van der Waals surface area contributed by atoms with Crippen molar-refractivity contribution < 1.29 is 34.1 Å². The number of aliphatic hydroxyl groups is 1. The summed E-state index contributed by atoms with van der Waals surface area (Å²) < 4.78 is 6.01.